The van der Waals surface area contributed by atoms with E-state index in [2.05, 4.69) is 9.97 Å². The summed E-state index contributed by atoms with van der Waals surface area (Å²) in [6.45, 7) is 0. The fraction of sp³-hybridized carbons (Fsp3) is 0. The predicted molar refractivity (Wildman–Crippen MR) is 87.6 cm³/mol. The summed E-state index contributed by atoms with van der Waals surface area (Å²) in [6, 6.07) is 9.91. The van der Waals surface area contributed by atoms with E-state index in [-0.39, 0.29) is 26.9 Å². The maximum absolute atomic E-state index is 12.1. The van der Waals surface area contributed by atoms with Gasteiger partial charge in [-0.25, -0.2) is 4.98 Å². The molecule has 0 bridgehead atoms. The molecule has 22 heavy (non-hydrogen) atoms. The van der Waals surface area contributed by atoms with Crippen LogP contribution in [-0.2, 0) is 0 Å². The van der Waals surface area contributed by atoms with Crippen LogP contribution in [0.2, 0.25) is 10.0 Å². The van der Waals surface area contributed by atoms with Crippen LogP contribution in [0.4, 0.5) is 0 Å². The van der Waals surface area contributed by atoms with Gasteiger partial charge in [-0.05, 0) is 24.3 Å². The summed E-state index contributed by atoms with van der Waals surface area (Å²) in [5.74, 6) is 0.229. The third kappa shape index (κ3) is 2.50. The number of benzene rings is 2. The van der Waals surface area contributed by atoms with Crippen molar-refractivity contribution in [2.75, 3.05) is 0 Å². The number of nitrogens with zero attached hydrogens (tertiary/aromatic N) is 1. The summed E-state index contributed by atoms with van der Waals surface area (Å²) < 4.78 is 0. The summed E-state index contributed by atoms with van der Waals surface area (Å²) in [7, 11) is -1.83. The third-order valence-corrected chi connectivity index (χ3v) is 3.99. The summed E-state index contributed by atoms with van der Waals surface area (Å²) in [6.07, 6.45) is 0. The van der Waals surface area contributed by atoms with Crippen molar-refractivity contribution in [3.8, 4) is 11.4 Å². The van der Waals surface area contributed by atoms with Gasteiger partial charge in [-0.15, -0.1) is 0 Å². The van der Waals surface area contributed by atoms with Gasteiger partial charge < -0.3 is 15.0 Å². The zero-order valence-electron chi connectivity index (χ0n) is 11.0. The topological polar surface area (TPSA) is 86.2 Å². The van der Waals surface area contributed by atoms with Crippen LogP contribution in [0.1, 0.15) is 0 Å². The Morgan fingerprint density at radius 3 is 2.55 bits per heavy atom. The normalized spacial score (nSPS) is 10.9. The molecule has 110 valence electrons. The zero-order chi connectivity index (χ0) is 15.9. The highest BCUT2D eigenvalue weighted by atomic mass is 35.5. The second kappa shape index (κ2) is 5.74. The van der Waals surface area contributed by atoms with Crippen LogP contribution in [0.25, 0.3) is 22.3 Å². The highest BCUT2D eigenvalue weighted by Gasteiger charge is 2.23. The van der Waals surface area contributed by atoms with Gasteiger partial charge in [0.05, 0.1) is 15.9 Å². The van der Waals surface area contributed by atoms with Gasteiger partial charge in [-0.2, -0.15) is 0 Å². The van der Waals surface area contributed by atoms with Crippen molar-refractivity contribution in [1.82, 2.24) is 9.97 Å². The quantitative estimate of drug-likeness (QED) is 0.621. The average molecular weight is 335 g/mol. The van der Waals surface area contributed by atoms with Crippen LogP contribution in [-0.4, -0.2) is 27.1 Å². The first-order valence-electron chi connectivity index (χ1n) is 6.32. The average Bonchev–Trinajstić information content (AvgIpc) is 2.47. The van der Waals surface area contributed by atoms with Crippen molar-refractivity contribution in [3.63, 3.8) is 0 Å². The van der Waals surface area contributed by atoms with Crippen molar-refractivity contribution < 1.29 is 10.0 Å². The molecule has 3 rings (SSSR count). The van der Waals surface area contributed by atoms with E-state index in [1.54, 1.807) is 30.3 Å². The molecular formula is C14H9BCl2N2O3. The molecule has 8 heteroatoms. The smallest absolute Gasteiger partial charge is 0.423 e. The van der Waals surface area contributed by atoms with Crippen molar-refractivity contribution in [1.29, 1.82) is 0 Å². The Kier molecular flexibility index (Phi) is 3.93. The molecule has 3 aromatic rings. The molecule has 0 aliphatic carbocycles. The molecule has 0 saturated carbocycles. The van der Waals surface area contributed by atoms with Crippen molar-refractivity contribution in [2.45, 2.75) is 0 Å². The van der Waals surface area contributed by atoms with E-state index < -0.39 is 7.12 Å². The minimum Gasteiger partial charge on any atom is -0.423 e. The number of aromatic nitrogens is 2. The molecule has 0 unspecified atom stereocenters. The Morgan fingerprint density at radius 2 is 1.82 bits per heavy atom. The Morgan fingerprint density at radius 1 is 1.09 bits per heavy atom. The van der Waals surface area contributed by atoms with Crippen LogP contribution in [0.15, 0.2) is 41.2 Å². The highest BCUT2D eigenvalue weighted by molar-refractivity contribution is 6.67. The fourth-order valence-electron chi connectivity index (χ4n) is 2.20. The molecule has 1 heterocycles. The maximum atomic E-state index is 12.1. The number of hydrogen-bond acceptors (Lipinski definition) is 4. The first kappa shape index (κ1) is 15.1. The highest BCUT2D eigenvalue weighted by Crippen LogP contribution is 2.27. The molecule has 0 fully saturated rings. The summed E-state index contributed by atoms with van der Waals surface area (Å²) in [5, 5.41) is 19.4. The summed E-state index contributed by atoms with van der Waals surface area (Å²) in [4.78, 5) is 19.1. The second-order valence-electron chi connectivity index (χ2n) is 4.63. The fourth-order valence-corrected chi connectivity index (χ4v) is 2.86. The minimum absolute atomic E-state index is 0.0286. The van der Waals surface area contributed by atoms with Crippen molar-refractivity contribution >= 4 is 46.7 Å². The number of nitrogens with one attached hydrogen (secondary N) is 1. The number of fused-ring (bicyclic) bond motifs is 1. The lowest BCUT2D eigenvalue weighted by atomic mass is 9.79. The molecule has 0 aliphatic rings. The van der Waals surface area contributed by atoms with Crippen molar-refractivity contribution in [2.24, 2.45) is 0 Å². The Hall–Kier alpha value is -1.86. The molecule has 0 spiro atoms. The SMILES string of the molecule is O=c1[nH]c(-c2ccc(Cl)c(B(O)O)c2Cl)nc2ccccc12. The lowest BCUT2D eigenvalue weighted by Gasteiger charge is -2.11. The van der Waals surface area contributed by atoms with E-state index in [4.69, 9.17) is 23.2 Å². The zero-order valence-corrected chi connectivity index (χ0v) is 12.6. The van der Waals surface area contributed by atoms with Crippen LogP contribution >= 0.6 is 23.2 Å². The van der Waals surface area contributed by atoms with Crippen LogP contribution in [0.5, 0.6) is 0 Å². The molecule has 0 amide bonds. The minimum atomic E-state index is -1.83. The van der Waals surface area contributed by atoms with Crippen LogP contribution in [0.3, 0.4) is 0 Å². The molecule has 3 N–H and O–H groups in total. The third-order valence-electron chi connectivity index (χ3n) is 3.25. The van der Waals surface area contributed by atoms with Gasteiger partial charge in [-0.1, -0.05) is 35.3 Å². The van der Waals surface area contributed by atoms with E-state index in [1.165, 1.54) is 6.07 Å². The lowest BCUT2D eigenvalue weighted by Crippen LogP contribution is -2.32. The lowest BCUT2D eigenvalue weighted by molar-refractivity contribution is 0.426. The van der Waals surface area contributed by atoms with Gasteiger partial charge in [0.2, 0.25) is 0 Å². The number of hydrogen-bond donors (Lipinski definition) is 3. The number of halogens is 2. The van der Waals surface area contributed by atoms with Crippen molar-refractivity contribution in [3.05, 3.63) is 56.8 Å². The van der Waals surface area contributed by atoms with E-state index in [0.29, 0.717) is 16.5 Å². The number of rotatable bonds is 2. The summed E-state index contributed by atoms with van der Waals surface area (Å²) >= 11 is 12.1. The monoisotopic (exact) mass is 334 g/mol. The number of aromatic amines is 1. The van der Waals surface area contributed by atoms with E-state index in [9.17, 15) is 14.8 Å². The molecular weight excluding hydrogens is 326 g/mol. The molecule has 0 atom stereocenters. The summed E-state index contributed by atoms with van der Waals surface area (Å²) in [5.41, 5.74) is 0.532. The first-order chi connectivity index (χ1) is 10.5. The largest absolute Gasteiger partial charge is 0.491 e. The van der Waals surface area contributed by atoms with Gasteiger partial charge in [0.15, 0.2) is 0 Å². The van der Waals surface area contributed by atoms with E-state index in [0.717, 1.165) is 0 Å². The van der Waals surface area contributed by atoms with Gasteiger partial charge in [0.25, 0.3) is 5.56 Å². The maximum Gasteiger partial charge on any atom is 0.491 e. The predicted octanol–water partition coefficient (Wildman–Crippen LogP) is 1.58. The molecule has 0 aliphatic heterocycles. The molecule has 1 aromatic heterocycles. The Bertz CT molecular complexity index is 928. The van der Waals surface area contributed by atoms with Gasteiger partial charge >= 0.3 is 7.12 Å². The Labute approximate surface area is 135 Å². The van der Waals surface area contributed by atoms with Gasteiger partial charge in [-0.3, -0.25) is 4.79 Å². The molecule has 2 aromatic carbocycles. The first-order valence-corrected chi connectivity index (χ1v) is 7.08. The van der Waals surface area contributed by atoms with Gasteiger partial charge in [0, 0.05) is 16.0 Å². The van der Waals surface area contributed by atoms with Crippen LogP contribution < -0.4 is 11.0 Å². The molecule has 5 nitrogen and oxygen atoms in total. The second-order valence-corrected chi connectivity index (χ2v) is 5.41. The van der Waals surface area contributed by atoms with Gasteiger partial charge in [0.1, 0.15) is 5.82 Å². The Balaban J connectivity index is 2.28. The number of H-pyrrole nitrogens is 1. The number of para-hydroxylation sites is 1. The van der Waals surface area contributed by atoms with E-state index >= 15 is 0 Å². The standard InChI is InChI=1S/C14H9BCl2N2O3/c16-9-6-5-8(12(17)11(9)15(21)22)13-18-10-4-2-1-3-7(10)14(20)19-13/h1-6,21-22H,(H,18,19,20). The van der Waals surface area contributed by atoms with Crippen LogP contribution in [0, 0.1) is 0 Å². The van der Waals surface area contributed by atoms with E-state index in [1.807, 2.05) is 0 Å². The molecule has 0 radical (unpaired) electrons. The molecule has 0 saturated heterocycles.